The Balaban J connectivity index is 1.77. The van der Waals surface area contributed by atoms with Crippen LogP contribution in [0.4, 0.5) is 0 Å². The molecule has 1 aliphatic carbocycles. The predicted molar refractivity (Wildman–Crippen MR) is 74.1 cm³/mol. The molecule has 2 N–H and O–H groups in total. The van der Waals surface area contributed by atoms with Crippen LogP contribution in [0.2, 0.25) is 0 Å². The Morgan fingerprint density at radius 2 is 2.00 bits per heavy atom. The molecule has 19 heavy (non-hydrogen) atoms. The smallest absolute Gasteiger partial charge is 0.267 e. The molecule has 0 spiro atoms. The number of carbonyl (C=O) groups excluding carboxylic acids is 2. The van der Waals surface area contributed by atoms with Crippen LogP contribution in [0.15, 0.2) is 29.3 Å². The number of thiophene rings is 1. The molecule has 0 unspecified atom stereocenters. The lowest BCUT2D eigenvalue weighted by atomic mass is 9.88. The van der Waals surface area contributed by atoms with E-state index in [4.69, 9.17) is 0 Å². The van der Waals surface area contributed by atoms with E-state index in [-0.39, 0.29) is 23.8 Å². The number of rotatable bonds is 2. The predicted octanol–water partition coefficient (Wildman–Crippen LogP) is 1.85. The minimum atomic E-state index is -0.159. The van der Waals surface area contributed by atoms with Crippen molar-refractivity contribution in [2.75, 3.05) is 0 Å². The molecule has 1 saturated heterocycles. The molecule has 4 nitrogen and oxygen atoms in total. The Kier molecular flexibility index (Phi) is 3.38. The monoisotopic (exact) mass is 276 g/mol. The molecular formula is C14H16N2O2S. The normalized spacial score (nSPS) is 28.4. The second kappa shape index (κ2) is 5.17. The van der Waals surface area contributed by atoms with Crippen molar-refractivity contribution in [1.82, 2.24) is 10.6 Å². The molecule has 1 amide bonds. The molecule has 0 aromatic carbocycles. The molecule has 1 saturated carbocycles. The molecule has 3 rings (SSSR count). The van der Waals surface area contributed by atoms with Gasteiger partial charge in [-0.05, 0) is 24.3 Å². The third-order valence-corrected chi connectivity index (χ3v) is 4.59. The number of amides is 1. The van der Waals surface area contributed by atoms with E-state index in [0.717, 1.165) is 19.3 Å². The average Bonchev–Trinajstić information content (AvgIpc) is 2.93. The van der Waals surface area contributed by atoms with Crippen LogP contribution in [0.25, 0.3) is 0 Å². The maximum Gasteiger partial charge on any atom is 0.267 e. The first-order valence-corrected chi connectivity index (χ1v) is 7.49. The summed E-state index contributed by atoms with van der Waals surface area (Å²) in [6, 6.07) is 4.10. The maximum atomic E-state index is 12.0. The van der Waals surface area contributed by atoms with Crippen molar-refractivity contribution in [3.8, 4) is 0 Å². The molecule has 2 heterocycles. The fourth-order valence-corrected chi connectivity index (χ4v) is 3.35. The summed E-state index contributed by atoms with van der Waals surface area (Å²) in [5.74, 6) is -0.269. The summed E-state index contributed by atoms with van der Waals surface area (Å²) >= 11 is 1.39. The van der Waals surface area contributed by atoms with Crippen molar-refractivity contribution in [2.45, 2.75) is 37.8 Å². The topological polar surface area (TPSA) is 58.2 Å². The molecule has 1 aliphatic heterocycles. The van der Waals surface area contributed by atoms with Crippen molar-refractivity contribution in [3.63, 3.8) is 0 Å². The Labute approximate surface area is 115 Å². The van der Waals surface area contributed by atoms with Gasteiger partial charge in [-0.1, -0.05) is 18.9 Å². The zero-order chi connectivity index (χ0) is 13.2. The van der Waals surface area contributed by atoms with Gasteiger partial charge >= 0.3 is 0 Å². The third kappa shape index (κ3) is 2.56. The number of carbonyl (C=O) groups is 2. The lowest BCUT2D eigenvalue weighted by molar-refractivity contribution is -0.120. The van der Waals surface area contributed by atoms with Crippen molar-refractivity contribution < 1.29 is 9.59 Å². The molecular weight excluding hydrogens is 260 g/mol. The van der Waals surface area contributed by atoms with Crippen LogP contribution in [0.1, 0.15) is 35.4 Å². The number of piperazine rings is 1. The Morgan fingerprint density at radius 1 is 1.26 bits per heavy atom. The second-order valence-electron chi connectivity index (χ2n) is 5.01. The highest BCUT2D eigenvalue weighted by atomic mass is 32.1. The highest BCUT2D eigenvalue weighted by Gasteiger charge is 2.33. The van der Waals surface area contributed by atoms with E-state index in [1.807, 2.05) is 11.4 Å². The van der Waals surface area contributed by atoms with Gasteiger partial charge in [-0.15, -0.1) is 11.3 Å². The quantitative estimate of drug-likeness (QED) is 0.640. The summed E-state index contributed by atoms with van der Waals surface area (Å²) in [5, 5.41) is 8.09. The first-order chi connectivity index (χ1) is 9.24. The number of hydrogen-bond donors (Lipinski definition) is 2. The minimum absolute atomic E-state index is 0.109. The second-order valence-corrected chi connectivity index (χ2v) is 5.96. The molecule has 2 aliphatic rings. The van der Waals surface area contributed by atoms with E-state index in [1.165, 1.54) is 23.8 Å². The Bertz CT molecular complexity index is 522. The van der Waals surface area contributed by atoms with E-state index < -0.39 is 0 Å². The fourth-order valence-electron chi connectivity index (χ4n) is 2.72. The molecule has 100 valence electrons. The van der Waals surface area contributed by atoms with Gasteiger partial charge in [-0.25, -0.2) is 0 Å². The SMILES string of the molecule is O=C1N[C@H]2CCCC[C@@H]2N/C1=C\C(=O)c1cccs1. The van der Waals surface area contributed by atoms with Crippen LogP contribution in [0, 0.1) is 0 Å². The van der Waals surface area contributed by atoms with Gasteiger partial charge in [0.05, 0.1) is 4.88 Å². The standard InChI is InChI=1S/C14H16N2O2S/c17-12(13-6-3-7-19-13)8-11-14(18)16-10-5-2-1-4-9(10)15-11/h3,6-10,15H,1-2,4-5H2,(H,16,18)/b11-8-/t9-,10-/m0/s1. The van der Waals surface area contributed by atoms with Gasteiger partial charge in [0.1, 0.15) is 5.70 Å². The molecule has 1 aromatic rings. The lowest BCUT2D eigenvalue weighted by Crippen LogP contribution is -2.58. The number of hydrogen-bond acceptors (Lipinski definition) is 4. The first-order valence-electron chi connectivity index (χ1n) is 6.61. The van der Waals surface area contributed by atoms with E-state index in [1.54, 1.807) is 6.07 Å². The van der Waals surface area contributed by atoms with Gasteiger partial charge in [0.15, 0.2) is 5.78 Å². The minimum Gasteiger partial charge on any atom is -0.376 e. The number of allylic oxidation sites excluding steroid dienone is 1. The van der Waals surface area contributed by atoms with Crippen molar-refractivity contribution in [2.24, 2.45) is 0 Å². The van der Waals surface area contributed by atoms with Crippen LogP contribution in [0.5, 0.6) is 0 Å². The maximum absolute atomic E-state index is 12.0. The summed E-state index contributed by atoms with van der Waals surface area (Å²) in [4.78, 5) is 24.6. The van der Waals surface area contributed by atoms with E-state index in [0.29, 0.717) is 10.6 Å². The molecule has 0 radical (unpaired) electrons. The number of ketones is 1. The van der Waals surface area contributed by atoms with Crippen molar-refractivity contribution in [1.29, 1.82) is 0 Å². The van der Waals surface area contributed by atoms with Gasteiger partial charge in [-0.2, -0.15) is 0 Å². The summed E-state index contributed by atoms with van der Waals surface area (Å²) in [5.41, 5.74) is 0.404. The van der Waals surface area contributed by atoms with Gasteiger partial charge in [0.25, 0.3) is 5.91 Å². The molecule has 0 bridgehead atoms. The number of fused-ring (bicyclic) bond motifs is 1. The van der Waals surface area contributed by atoms with Crippen LogP contribution in [0.3, 0.4) is 0 Å². The van der Waals surface area contributed by atoms with Gasteiger partial charge in [0.2, 0.25) is 0 Å². The van der Waals surface area contributed by atoms with Crippen LogP contribution < -0.4 is 10.6 Å². The lowest BCUT2D eigenvalue weighted by Gasteiger charge is -2.38. The zero-order valence-corrected chi connectivity index (χ0v) is 11.3. The van der Waals surface area contributed by atoms with E-state index in [2.05, 4.69) is 10.6 Å². The first kappa shape index (κ1) is 12.4. The molecule has 2 atom stereocenters. The van der Waals surface area contributed by atoms with Crippen molar-refractivity contribution in [3.05, 3.63) is 34.2 Å². The van der Waals surface area contributed by atoms with Crippen LogP contribution in [-0.2, 0) is 4.79 Å². The van der Waals surface area contributed by atoms with Gasteiger partial charge in [0, 0.05) is 18.2 Å². The fraction of sp³-hybridized carbons (Fsp3) is 0.429. The summed E-state index contributed by atoms with van der Waals surface area (Å²) < 4.78 is 0. The third-order valence-electron chi connectivity index (χ3n) is 3.71. The van der Waals surface area contributed by atoms with E-state index in [9.17, 15) is 9.59 Å². The van der Waals surface area contributed by atoms with Crippen LogP contribution >= 0.6 is 11.3 Å². The highest BCUT2D eigenvalue weighted by molar-refractivity contribution is 7.12. The van der Waals surface area contributed by atoms with Crippen molar-refractivity contribution >= 4 is 23.0 Å². The molecule has 2 fully saturated rings. The summed E-state index contributed by atoms with van der Waals surface area (Å²) in [6.07, 6.45) is 5.84. The Hall–Kier alpha value is -1.62. The molecule has 5 heteroatoms. The zero-order valence-electron chi connectivity index (χ0n) is 10.5. The Morgan fingerprint density at radius 3 is 2.68 bits per heavy atom. The molecule has 1 aromatic heterocycles. The largest absolute Gasteiger partial charge is 0.376 e. The van der Waals surface area contributed by atoms with Gasteiger partial charge in [-0.3, -0.25) is 9.59 Å². The average molecular weight is 276 g/mol. The number of nitrogens with one attached hydrogen (secondary N) is 2. The van der Waals surface area contributed by atoms with Crippen LogP contribution in [-0.4, -0.2) is 23.8 Å². The summed E-state index contributed by atoms with van der Waals surface area (Å²) in [6.45, 7) is 0. The van der Waals surface area contributed by atoms with E-state index >= 15 is 0 Å². The summed E-state index contributed by atoms with van der Waals surface area (Å²) in [7, 11) is 0. The van der Waals surface area contributed by atoms with Gasteiger partial charge < -0.3 is 10.6 Å². The highest BCUT2D eigenvalue weighted by Crippen LogP contribution is 2.22.